The topological polar surface area (TPSA) is 12.0 Å². The zero-order valence-corrected chi connectivity index (χ0v) is 14.7. The molecule has 1 N–H and O–H groups in total. The summed E-state index contributed by atoms with van der Waals surface area (Å²) in [5.74, 6) is 0. The summed E-state index contributed by atoms with van der Waals surface area (Å²) in [6.45, 7) is 12.5. The molecule has 104 valence electrons. The summed E-state index contributed by atoms with van der Waals surface area (Å²) in [6, 6.07) is 2.84. The van der Waals surface area contributed by atoms with Crippen molar-refractivity contribution in [2.24, 2.45) is 5.41 Å². The van der Waals surface area contributed by atoms with Crippen molar-refractivity contribution in [2.45, 2.75) is 59.9 Å². The highest BCUT2D eigenvalue weighted by atomic mass is 79.9. The standard InChI is InChI=1S/C15H26BrNS/c1-6-9-17-12(7-8-15(3,4)5)13-10-11(2)14(16)18-13/h10,12,17H,6-9H2,1-5H3. The van der Waals surface area contributed by atoms with Crippen molar-refractivity contribution in [1.82, 2.24) is 5.32 Å². The third kappa shape index (κ3) is 5.41. The maximum absolute atomic E-state index is 3.69. The molecule has 3 heteroatoms. The van der Waals surface area contributed by atoms with Gasteiger partial charge in [-0.2, -0.15) is 0 Å². The van der Waals surface area contributed by atoms with Crippen LogP contribution in [0.2, 0.25) is 0 Å². The van der Waals surface area contributed by atoms with Crippen LogP contribution in [-0.2, 0) is 0 Å². The molecule has 0 saturated heterocycles. The van der Waals surface area contributed by atoms with Crippen molar-refractivity contribution in [3.05, 3.63) is 20.3 Å². The van der Waals surface area contributed by atoms with E-state index in [1.807, 2.05) is 11.3 Å². The number of hydrogen-bond acceptors (Lipinski definition) is 2. The van der Waals surface area contributed by atoms with Crippen molar-refractivity contribution < 1.29 is 0 Å². The second-order valence-corrected chi connectivity index (χ2v) is 8.61. The molecule has 0 aliphatic rings. The Labute approximate surface area is 125 Å². The van der Waals surface area contributed by atoms with Gasteiger partial charge in [-0.05, 0) is 65.7 Å². The zero-order chi connectivity index (χ0) is 13.8. The number of rotatable bonds is 6. The fourth-order valence-corrected chi connectivity index (χ4v) is 3.58. The molecule has 18 heavy (non-hydrogen) atoms. The molecule has 0 saturated carbocycles. The molecule has 0 radical (unpaired) electrons. The van der Waals surface area contributed by atoms with Gasteiger partial charge in [-0.25, -0.2) is 0 Å². The molecule has 0 aromatic carbocycles. The van der Waals surface area contributed by atoms with E-state index in [2.05, 4.69) is 61.9 Å². The Balaban J connectivity index is 2.71. The van der Waals surface area contributed by atoms with Crippen LogP contribution in [0, 0.1) is 12.3 Å². The van der Waals surface area contributed by atoms with Crippen LogP contribution >= 0.6 is 27.3 Å². The first-order valence-corrected chi connectivity index (χ1v) is 8.43. The van der Waals surface area contributed by atoms with E-state index in [-0.39, 0.29) is 0 Å². The molecule has 1 nitrogen and oxygen atoms in total. The molecule has 0 amide bonds. The number of nitrogens with one attached hydrogen (secondary N) is 1. The molecular formula is C15H26BrNS. The molecule has 0 aliphatic carbocycles. The summed E-state index contributed by atoms with van der Waals surface area (Å²) < 4.78 is 1.27. The first-order chi connectivity index (χ1) is 8.33. The molecule has 0 spiro atoms. The average molecular weight is 332 g/mol. The van der Waals surface area contributed by atoms with E-state index in [1.165, 1.54) is 33.5 Å². The minimum absolute atomic E-state index is 0.412. The quantitative estimate of drug-likeness (QED) is 0.706. The Morgan fingerprint density at radius 1 is 1.39 bits per heavy atom. The summed E-state index contributed by atoms with van der Waals surface area (Å²) in [4.78, 5) is 1.47. The normalized spacial score (nSPS) is 13.9. The van der Waals surface area contributed by atoms with E-state index in [0.29, 0.717) is 11.5 Å². The monoisotopic (exact) mass is 331 g/mol. The fraction of sp³-hybridized carbons (Fsp3) is 0.733. The van der Waals surface area contributed by atoms with Crippen LogP contribution in [0.25, 0.3) is 0 Å². The van der Waals surface area contributed by atoms with Crippen LogP contribution in [0.3, 0.4) is 0 Å². The highest BCUT2D eigenvalue weighted by Gasteiger charge is 2.18. The second kappa shape index (κ2) is 7.06. The van der Waals surface area contributed by atoms with Crippen LogP contribution in [0.15, 0.2) is 9.85 Å². The molecular weight excluding hydrogens is 306 g/mol. The Morgan fingerprint density at radius 3 is 2.50 bits per heavy atom. The maximum Gasteiger partial charge on any atom is 0.0731 e. The number of hydrogen-bond donors (Lipinski definition) is 1. The van der Waals surface area contributed by atoms with Gasteiger partial charge in [0.05, 0.1) is 3.79 Å². The van der Waals surface area contributed by atoms with E-state index in [9.17, 15) is 0 Å². The van der Waals surface area contributed by atoms with Gasteiger partial charge in [0.1, 0.15) is 0 Å². The van der Waals surface area contributed by atoms with Gasteiger partial charge in [0, 0.05) is 10.9 Å². The Hall–Kier alpha value is 0.140. The molecule has 1 aromatic rings. The van der Waals surface area contributed by atoms with Crippen molar-refractivity contribution in [3.8, 4) is 0 Å². The van der Waals surface area contributed by atoms with Gasteiger partial charge in [-0.15, -0.1) is 11.3 Å². The van der Waals surface area contributed by atoms with Crippen molar-refractivity contribution >= 4 is 27.3 Å². The lowest BCUT2D eigenvalue weighted by Crippen LogP contribution is -2.23. The highest BCUT2D eigenvalue weighted by Crippen LogP contribution is 2.35. The lowest BCUT2D eigenvalue weighted by atomic mass is 9.88. The third-order valence-electron chi connectivity index (χ3n) is 3.04. The van der Waals surface area contributed by atoms with Gasteiger partial charge in [-0.1, -0.05) is 27.7 Å². The van der Waals surface area contributed by atoms with Crippen molar-refractivity contribution in [1.29, 1.82) is 0 Å². The SMILES string of the molecule is CCCNC(CCC(C)(C)C)c1cc(C)c(Br)s1. The molecule has 1 unspecified atom stereocenters. The van der Waals surface area contributed by atoms with Crippen molar-refractivity contribution in [3.63, 3.8) is 0 Å². The molecule has 1 rings (SSSR count). The van der Waals surface area contributed by atoms with Gasteiger partial charge in [0.15, 0.2) is 0 Å². The largest absolute Gasteiger partial charge is 0.309 e. The molecule has 1 atom stereocenters. The minimum atomic E-state index is 0.412. The second-order valence-electron chi connectivity index (χ2n) is 6.21. The van der Waals surface area contributed by atoms with Crippen LogP contribution in [0.4, 0.5) is 0 Å². The van der Waals surface area contributed by atoms with Crippen LogP contribution in [-0.4, -0.2) is 6.54 Å². The van der Waals surface area contributed by atoms with Gasteiger partial charge in [0.2, 0.25) is 0 Å². The van der Waals surface area contributed by atoms with Crippen molar-refractivity contribution in [2.75, 3.05) is 6.54 Å². The predicted molar refractivity (Wildman–Crippen MR) is 86.5 cm³/mol. The van der Waals surface area contributed by atoms with Gasteiger partial charge in [0.25, 0.3) is 0 Å². The fourth-order valence-electron chi connectivity index (χ4n) is 1.90. The van der Waals surface area contributed by atoms with E-state index >= 15 is 0 Å². The highest BCUT2D eigenvalue weighted by molar-refractivity contribution is 9.11. The molecule has 0 bridgehead atoms. The molecule has 1 aromatic heterocycles. The predicted octanol–water partition coefficient (Wildman–Crippen LogP) is 5.69. The van der Waals surface area contributed by atoms with E-state index in [1.54, 1.807) is 0 Å². The first kappa shape index (κ1) is 16.2. The van der Waals surface area contributed by atoms with Gasteiger partial charge in [-0.3, -0.25) is 0 Å². The number of thiophene rings is 1. The van der Waals surface area contributed by atoms with Crippen LogP contribution < -0.4 is 5.32 Å². The summed E-state index contributed by atoms with van der Waals surface area (Å²) >= 11 is 5.51. The van der Waals surface area contributed by atoms with Gasteiger partial charge < -0.3 is 5.32 Å². The third-order valence-corrected chi connectivity index (χ3v) is 5.29. The maximum atomic E-state index is 3.69. The summed E-state index contributed by atoms with van der Waals surface area (Å²) in [6.07, 6.45) is 3.66. The smallest absolute Gasteiger partial charge is 0.0731 e. The number of aryl methyl sites for hydroxylation is 1. The van der Waals surface area contributed by atoms with E-state index in [4.69, 9.17) is 0 Å². The van der Waals surface area contributed by atoms with E-state index < -0.39 is 0 Å². The molecule has 1 heterocycles. The Kier molecular flexibility index (Phi) is 6.36. The van der Waals surface area contributed by atoms with Gasteiger partial charge >= 0.3 is 0 Å². The van der Waals surface area contributed by atoms with E-state index in [0.717, 1.165) is 6.54 Å². The molecule has 0 aliphatic heterocycles. The summed E-state index contributed by atoms with van der Waals surface area (Å²) in [5.41, 5.74) is 1.77. The summed E-state index contributed by atoms with van der Waals surface area (Å²) in [7, 11) is 0. The first-order valence-electron chi connectivity index (χ1n) is 6.82. The Bertz CT molecular complexity index is 346. The van der Waals surface area contributed by atoms with Crippen LogP contribution in [0.1, 0.15) is 63.4 Å². The Morgan fingerprint density at radius 2 is 2.06 bits per heavy atom. The summed E-state index contributed by atoms with van der Waals surface area (Å²) in [5, 5.41) is 3.69. The number of halogens is 1. The zero-order valence-electron chi connectivity index (χ0n) is 12.3. The lowest BCUT2D eigenvalue weighted by Gasteiger charge is -2.23. The lowest BCUT2D eigenvalue weighted by molar-refractivity contribution is 0.333. The van der Waals surface area contributed by atoms with Crippen LogP contribution in [0.5, 0.6) is 0 Å². The average Bonchev–Trinajstić information content (AvgIpc) is 2.58. The molecule has 0 fully saturated rings. The minimum Gasteiger partial charge on any atom is -0.309 e.